The first kappa shape index (κ1) is 24.1. The van der Waals surface area contributed by atoms with Gasteiger partial charge in [0, 0.05) is 67.6 Å². The smallest absolute Gasteiger partial charge is 0.226 e. The van der Waals surface area contributed by atoms with Crippen LogP contribution in [0.2, 0.25) is 0 Å². The highest BCUT2D eigenvalue weighted by molar-refractivity contribution is 5.89. The van der Waals surface area contributed by atoms with Crippen LogP contribution in [0.1, 0.15) is 56.2 Å². The molecule has 3 unspecified atom stereocenters. The zero-order valence-corrected chi connectivity index (χ0v) is 21.9. The summed E-state index contributed by atoms with van der Waals surface area (Å²) in [4.78, 5) is 22.5. The predicted molar refractivity (Wildman–Crippen MR) is 143 cm³/mol. The SMILES string of the molecule is CCCn1cc2c3c(cccc31)C1C[C@@H](C(=O)N(C)C(C)C(C)Cc3cccnc3)CN(C)[C@@H]1C2. The number of hydrogen-bond acceptors (Lipinski definition) is 3. The molecule has 3 aromatic rings. The summed E-state index contributed by atoms with van der Waals surface area (Å²) in [5.41, 5.74) is 5.53. The highest BCUT2D eigenvalue weighted by atomic mass is 16.2. The first-order valence-corrected chi connectivity index (χ1v) is 13.4. The molecule has 2 aromatic heterocycles. The Morgan fingerprint density at radius 3 is 2.80 bits per heavy atom. The molecular formula is C30H40N4O. The maximum absolute atomic E-state index is 13.8. The van der Waals surface area contributed by atoms with Crippen LogP contribution in [0, 0.1) is 11.8 Å². The Kier molecular flexibility index (Phi) is 6.71. The van der Waals surface area contributed by atoms with Crippen LogP contribution in [0.3, 0.4) is 0 Å². The number of hydrogen-bond donors (Lipinski definition) is 0. The van der Waals surface area contributed by atoms with Crippen molar-refractivity contribution in [3.05, 3.63) is 65.6 Å². The molecule has 5 nitrogen and oxygen atoms in total. The quantitative estimate of drug-likeness (QED) is 0.479. The van der Waals surface area contributed by atoms with Gasteiger partial charge in [0.1, 0.15) is 0 Å². The zero-order chi connectivity index (χ0) is 24.7. The highest BCUT2D eigenvalue weighted by Crippen LogP contribution is 2.45. The fraction of sp³-hybridized carbons (Fsp3) is 0.533. The normalized spacial score (nSPS) is 23.6. The van der Waals surface area contributed by atoms with Crippen molar-refractivity contribution in [1.82, 2.24) is 19.4 Å². The van der Waals surface area contributed by atoms with Gasteiger partial charge in [0.25, 0.3) is 0 Å². The lowest BCUT2D eigenvalue weighted by Crippen LogP contribution is -2.53. The lowest BCUT2D eigenvalue weighted by Gasteiger charge is -2.46. The van der Waals surface area contributed by atoms with Gasteiger partial charge in [0.15, 0.2) is 0 Å². The van der Waals surface area contributed by atoms with Gasteiger partial charge in [-0.2, -0.15) is 0 Å². The number of likely N-dealkylation sites (tertiary alicyclic amines) is 1. The van der Waals surface area contributed by atoms with Gasteiger partial charge in [-0.25, -0.2) is 0 Å². The van der Waals surface area contributed by atoms with Crippen molar-refractivity contribution in [2.75, 3.05) is 20.6 Å². The molecule has 35 heavy (non-hydrogen) atoms. The van der Waals surface area contributed by atoms with Crippen molar-refractivity contribution in [1.29, 1.82) is 0 Å². The first-order valence-electron chi connectivity index (χ1n) is 13.4. The van der Waals surface area contributed by atoms with Crippen LogP contribution in [0.15, 0.2) is 48.9 Å². The second kappa shape index (κ2) is 9.77. The molecule has 0 spiro atoms. The summed E-state index contributed by atoms with van der Waals surface area (Å²) in [6.45, 7) is 8.59. The van der Waals surface area contributed by atoms with E-state index in [1.165, 1.54) is 27.6 Å². The van der Waals surface area contributed by atoms with Crippen LogP contribution in [0.25, 0.3) is 10.9 Å². The number of benzene rings is 1. The third-order valence-electron chi connectivity index (χ3n) is 8.80. The highest BCUT2D eigenvalue weighted by Gasteiger charge is 2.42. The van der Waals surface area contributed by atoms with Crippen molar-refractivity contribution >= 4 is 16.8 Å². The number of carbonyl (C=O) groups is 1. The summed E-state index contributed by atoms with van der Waals surface area (Å²) < 4.78 is 2.44. The van der Waals surface area contributed by atoms with Crippen LogP contribution >= 0.6 is 0 Å². The van der Waals surface area contributed by atoms with E-state index in [9.17, 15) is 4.79 Å². The van der Waals surface area contributed by atoms with Gasteiger partial charge in [-0.15, -0.1) is 0 Å². The molecule has 2 aliphatic rings. The number of rotatable bonds is 7. The number of carbonyl (C=O) groups excluding carboxylic acids is 1. The number of amides is 1. The summed E-state index contributed by atoms with van der Waals surface area (Å²) >= 11 is 0. The topological polar surface area (TPSA) is 41.4 Å². The summed E-state index contributed by atoms with van der Waals surface area (Å²) in [6, 6.07) is 11.6. The van der Waals surface area contributed by atoms with E-state index in [0.29, 0.717) is 23.8 Å². The molecule has 1 amide bonds. The maximum atomic E-state index is 13.8. The molecule has 0 radical (unpaired) electrons. The molecular weight excluding hydrogens is 432 g/mol. The van der Waals surface area contributed by atoms with Crippen molar-refractivity contribution in [3.8, 4) is 0 Å². The van der Waals surface area contributed by atoms with E-state index in [1.54, 1.807) is 0 Å². The van der Waals surface area contributed by atoms with Crippen LogP contribution in [-0.4, -0.2) is 58.0 Å². The molecule has 1 aromatic carbocycles. The largest absolute Gasteiger partial charge is 0.347 e. The van der Waals surface area contributed by atoms with E-state index in [4.69, 9.17) is 0 Å². The fourth-order valence-corrected chi connectivity index (χ4v) is 6.66. The molecule has 3 heterocycles. The van der Waals surface area contributed by atoms with Gasteiger partial charge in [-0.1, -0.05) is 32.0 Å². The Balaban J connectivity index is 1.35. The zero-order valence-electron chi connectivity index (χ0n) is 21.9. The lowest BCUT2D eigenvalue weighted by atomic mass is 9.72. The molecule has 186 valence electrons. The van der Waals surface area contributed by atoms with E-state index in [1.807, 2.05) is 30.4 Å². The lowest BCUT2D eigenvalue weighted by molar-refractivity contribution is -0.139. The summed E-state index contributed by atoms with van der Waals surface area (Å²) in [6.07, 6.45) is 10.2. The molecule has 1 fully saturated rings. The van der Waals surface area contributed by atoms with Crippen LogP contribution in [0.5, 0.6) is 0 Å². The minimum atomic E-state index is 0.0359. The molecule has 5 atom stereocenters. The third kappa shape index (κ3) is 4.40. The maximum Gasteiger partial charge on any atom is 0.226 e. The standard InChI is InChI=1S/C30H40N4O/c1-6-13-34-19-23-16-28-26(25-10-7-11-27(34)29(23)25)15-24(18-32(28)4)30(35)33(5)21(3)20(2)14-22-9-8-12-31-17-22/h7-12,17,19-21,24,26,28H,6,13-16,18H2,1-5H3/t20?,21?,24-,26?,28-/m1/s1. The van der Waals surface area contributed by atoms with Gasteiger partial charge in [0.2, 0.25) is 5.91 Å². The average molecular weight is 473 g/mol. The van der Waals surface area contributed by atoms with Gasteiger partial charge in [0.05, 0.1) is 5.92 Å². The van der Waals surface area contributed by atoms with E-state index in [-0.39, 0.29) is 12.0 Å². The molecule has 1 aliphatic heterocycles. The molecule has 5 heteroatoms. The van der Waals surface area contributed by atoms with Crippen LogP contribution < -0.4 is 0 Å². The Bertz CT molecular complexity index is 1190. The third-order valence-corrected chi connectivity index (χ3v) is 8.80. The minimum absolute atomic E-state index is 0.0359. The summed E-state index contributed by atoms with van der Waals surface area (Å²) in [5.74, 6) is 1.11. The Morgan fingerprint density at radius 2 is 2.06 bits per heavy atom. The minimum Gasteiger partial charge on any atom is -0.347 e. The van der Waals surface area contributed by atoms with Crippen LogP contribution in [-0.2, 0) is 24.2 Å². The second-order valence-electron chi connectivity index (χ2n) is 11.1. The van der Waals surface area contributed by atoms with Gasteiger partial charge in [-0.05, 0) is 74.4 Å². The number of pyridine rings is 1. The van der Waals surface area contributed by atoms with Gasteiger partial charge in [-0.3, -0.25) is 9.78 Å². The molecule has 0 bridgehead atoms. The number of likely N-dealkylation sites (N-methyl/N-ethyl adjacent to an activating group) is 1. The second-order valence-corrected chi connectivity index (χ2v) is 11.1. The number of aromatic nitrogens is 2. The van der Waals surface area contributed by atoms with Gasteiger partial charge >= 0.3 is 0 Å². The summed E-state index contributed by atoms with van der Waals surface area (Å²) in [7, 11) is 4.23. The Hall–Kier alpha value is -2.66. The van der Waals surface area contributed by atoms with Crippen molar-refractivity contribution in [2.45, 2.75) is 71.0 Å². The van der Waals surface area contributed by atoms with Crippen molar-refractivity contribution < 1.29 is 4.79 Å². The van der Waals surface area contributed by atoms with Gasteiger partial charge < -0.3 is 14.4 Å². The number of aryl methyl sites for hydroxylation is 1. The molecule has 5 rings (SSSR count). The molecule has 1 saturated heterocycles. The molecule has 0 saturated carbocycles. The van der Waals surface area contributed by atoms with E-state index in [0.717, 1.165) is 38.8 Å². The molecule has 0 N–H and O–H groups in total. The first-order chi connectivity index (χ1) is 16.9. The van der Waals surface area contributed by atoms with E-state index in [2.05, 4.69) is 72.7 Å². The number of piperidine rings is 1. The molecule has 1 aliphatic carbocycles. The Morgan fingerprint density at radius 1 is 1.23 bits per heavy atom. The van der Waals surface area contributed by atoms with Crippen molar-refractivity contribution in [2.24, 2.45) is 11.8 Å². The monoisotopic (exact) mass is 472 g/mol. The number of fused-ring (bicyclic) bond motifs is 2. The van der Waals surface area contributed by atoms with E-state index < -0.39 is 0 Å². The van der Waals surface area contributed by atoms with Crippen LogP contribution in [0.4, 0.5) is 0 Å². The van der Waals surface area contributed by atoms with E-state index >= 15 is 0 Å². The predicted octanol–water partition coefficient (Wildman–Crippen LogP) is 5.13. The average Bonchev–Trinajstić information content (AvgIpc) is 3.22. The summed E-state index contributed by atoms with van der Waals surface area (Å²) in [5, 5.41) is 1.45. The van der Waals surface area contributed by atoms with Crippen molar-refractivity contribution in [3.63, 3.8) is 0 Å². The number of nitrogens with zero attached hydrogens (tertiary/aromatic N) is 4. The fourth-order valence-electron chi connectivity index (χ4n) is 6.66. The Labute approximate surface area is 210 Å².